The zero-order valence-electron chi connectivity index (χ0n) is 14.9. The van der Waals surface area contributed by atoms with Crippen molar-refractivity contribution in [2.24, 2.45) is 0 Å². The van der Waals surface area contributed by atoms with Gasteiger partial charge in [0, 0.05) is 29.9 Å². The fourth-order valence-electron chi connectivity index (χ4n) is 3.29. The van der Waals surface area contributed by atoms with Crippen LogP contribution in [0.25, 0.3) is 0 Å². The molecule has 1 aromatic heterocycles. The minimum absolute atomic E-state index is 0.0795. The van der Waals surface area contributed by atoms with Crippen LogP contribution in [0.1, 0.15) is 27.4 Å². The van der Waals surface area contributed by atoms with Gasteiger partial charge in [0.25, 0.3) is 5.91 Å². The minimum Gasteiger partial charge on any atom is -0.340 e. The van der Waals surface area contributed by atoms with E-state index >= 15 is 0 Å². The van der Waals surface area contributed by atoms with E-state index in [4.69, 9.17) is 11.6 Å². The van der Waals surface area contributed by atoms with Crippen molar-refractivity contribution in [2.45, 2.75) is 19.9 Å². The topological polar surface area (TPSA) is 58.1 Å². The predicted molar refractivity (Wildman–Crippen MR) is 106 cm³/mol. The van der Waals surface area contributed by atoms with E-state index in [2.05, 4.69) is 27.4 Å². The second kappa shape index (κ2) is 7.37. The number of hydrogen-bond acceptors (Lipinski definition) is 4. The molecule has 0 saturated heterocycles. The zero-order valence-corrected chi connectivity index (χ0v) is 15.7. The van der Waals surface area contributed by atoms with Crippen LogP contribution in [0.3, 0.4) is 0 Å². The Bertz CT molecular complexity index is 1000. The monoisotopic (exact) mass is 378 g/mol. The van der Waals surface area contributed by atoms with Crippen molar-refractivity contribution in [1.82, 2.24) is 14.9 Å². The lowest BCUT2D eigenvalue weighted by Gasteiger charge is -2.28. The second-order valence-electron chi connectivity index (χ2n) is 6.57. The maximum absolute atomic E-state index is 13.0. The molecule has 27 heavy (non-hydrogen) atoms. The molecule has 5 nitrogen and oxygen atoms in total. The van der Waals surface area contributed by atoms with Gasteiger partial charge in [-0.25, -0.2) is 9.97 Å². The van der Waals surface area contributed by atoms with Crippen LogP contribution >= 0.6 is 11.6 Å². The summed E-state index contributed by atoms with van der Waals surface area (Å²) in [5.74, 6) is 1.04. The highest BCUT2D eigenvalue weighted by Gasteiger charge is 2.23. The Hall–Kier alpha value is -2.92. The highest BCUT2D eigenvalue weighted by molar-refractivity contribution is 6.30. The number of fused-ring (bicyclic) bond motifs is 1. The molecule has 6 heteroatoms. The van der Waals surface area contributed by atoms with Crippen molar-refractivity contribution in [3.05, 3.63) is 82.3 Å². The number of nitrogens with one attached hydrogen (secondary N) is 1. The molecular weight excluding hydrogens is 360 g/mol. The van der Waals surface area contributed by atoms with Gasteiger partial charge in [-0.15, -0.1) is 0 Å². The fraction of sp³-hybridized carbons (Fsp3) is 0.190. The smallest absolute Gasteiger partial charge is 0.272 e. The largest absolute Gasteiger partial charge is 0.340 e. The number of carbonyl (C=O) groups excluding carboxylic acids is 1. The van der Waals surface area contributed by atoms with E-state index in [0.717, 1.165) is 12.1 Å². The van der Waals surface area contributed by atoms with E-state index < -0.39 is 0 Å². The van der Waals surface area contributed by atoms with Crippen LogP contribution in [0, 0.1) is 6.92 Å². The number of halogens is 1. The number of rotatable bonds is 3. The summed E-state index contributed by atoms with van der Waals surface area (Å²) in [5.41, 5.74) is 3.71. The molecule has 2 heterocycles. The molecule has 2 aromatic carbocycles. The maximum atomic E-state index is 13.0. The number of hydrogen-bond donors (Lipinski definition) is 1. The van der Waals surface area contributed by atoms with Gasteiger partial charge >= 0.3 is 0 Å². The van der Waals surface area contributed by atoms with Gasteiger partial charge in [0.15, 0.2) is 0 Å². The van der Waals surface area contributed by atoms with Gasteiger partial charge in [-0.3, -0.25) is 4.79 Å². The number of benzene rings is 2. The first kappa shape index (κ1) is 17.5. The van der Waals surface area contributed by atoms with Crippen molar-refractivity contribution in [3.63, 3.8) is 0 Å². The number of carbonyl (C=O) groups is 1. The molecule has 1 N–H and O–H groups in total. The lowest BCUT2D eigenvalue weighted by molar-refractivity contribution is 0.0728. The molecule has 136 valence electrons. The third-order valence-corrected chi connectivity index (χ3v) is 4.81. The molecule has 0 bridgehead atoms. The predicted octanol–water partition coefficient (Wildman–Crippen LogP) is 4.38. The van der Waals surface area contributed by atoms with Crippen molar-refractivity contribution in [2.75, 3.05) is 11.9 Å². The Morgan fingerprint density at radius 3 is 2.70 bits per heavy atom. The molecule has 1 amide bonds. The van der Waals surface area contributed by atoms with E-state index in [1.54, 1.807) is 19.1 Å². The lowest BCUT2D eigenvalue weighted by Crippen LogP contribution is -2.36. The van der Waals surface area contributed by atoms with Gasteiger partial charge in [-0.05, 0) is 42.7 Å². The molecule has 1 aliphatic heterocycles. The van der Waals surface area contributed by atoms with Crippen LogP contribution in [-0.2, 0) is 13.0 Å². The van der Waals surface area contributed by atoms with Crippen LogP contribution in [0.4, 0.5) is 11.5 Å². The zero-order chi connectivity index (χ0) is 18.8. The summed E-state index contributed by atoms with van der Waals surface area (Å²) in [6.07, 6.45) is 0.861. The van der Waals surface area contributed by atoms with Crippen molar-refractivity contribution >= 4 is 29.0 Å². The summed E-state index contributed by atoms with van der Waals surface area (Å²) in [7, 11) is 0. The molecule has 4 rings (SSSR count). The third-order valence-electron chi connectivity index (χ3n) is 4.57. The molecule has 0 atom stereocenters. The van der Waals surface area contributed by atoms with Gasteiger partial charge in [-0.1, -0.05) is 41.9 Å². The average molecular weight is 379 g/mol. The average Bonchev–Trinajstić information content (AvgIpc) is 2.66. The van der Waals surface area contributed by atoms with Gasteiger partial charge in [0.1, 0.15) is 17.3 Å². The highest BCUT2D eigenvalue weighted by Crippen LogP contribution is 2.22. The SMILES string of the molecule is Cc1nc(Nc2cccc(Cl)c2)cc(C(=O)N2CCc3ccccc3C2)n1. The first-order chi connectivity index (χ1) is 13.1. The normalized spacial score (nSPS) is 13.2. The van der Waals surface area contributed by atoms with E-state index in [0.29, 0.717) is 35.4 Å². The number of aromatic nitrogens is 2. The number of amides is 1. The van der Waals surface area contributed by atoms with Crippen LogP contribution < -0.4 is 5.32 Å². The molecule has 0 fully saturated rings. The van der Waals surface area contributed by atoms with Crippen molar-refractivity contribution < 1.29 is 4.79 Å². The summed E-state index contributed by atoms with van der Waals surface area (Å²) < 4.78 is 0. The molecule has 0 aliphatic carbocycles. The van der Waals surface area contributed by atoms with Crippen LogP contribution in [0.15, 0.2) is 54.6 Å². The first-order valence-corrected chi connectivity index (χ1v) is 9.20. The fourth-order valence-corrected chi connectivity index (χ4v) is 3.48. The Labute approximate surface area is 163 Å². The molecule has 0 unspecified atom stereocenters. The molecule has 0 radical (unpaired) electrons. The maximum Gasteiger partial charge on any atom is 0.272 e. The van der Waals surface area contributed by atoms with Crippen LogP contribution in [0.5, 0.6) is 0 Å². The van der Waals surface area contributed by atoms with Gasteiger partial charge < -0.3 is 10.2 Å². The van der Waals surface area contributed by atoms with Gasteiger partial charge in [-0.2, -0.15) is 0 Å². The molecule has 3 aromatic rings. The summed E-state index contributed by atoms with van der Waals surface area (Å²) in [5, 5.41) is 3.83. The van der Waals surface area contributed by atoms with Gasteiger partial charge in [0.05, 0.1) is 0 Å². The minimum atomic E-state index is -0.0795. The summed E-state index contributed by atoms with van der Waals surface area (Å²) in [6, 6.07) is 17.3. The Morgan fingerprint density at radius 1 is 1.07 bits per heavy atom. The van der Waals surface area contributed by atoms with E-state index in [1.165, 1.54) is 11.1 Å². The Balaban J connectivity index is 1.57. The summed E-state index contributed by atoms with van der Waals surface area (Å²) in [6.45, 7) is 3.08. The molecule has 0 saturated carbocycles. The van der Waals surface area contributed by atoms with E-state index in [-0.39, 0.29) is 5.91 Å². The lowest BCUT2D eigenvalue weighted by atomic mass is 10.00. The quantitative estimate of drug-likeness (QED) is 0.734. The standard InChI is InChI=1S/C21H19ClN4O/c1-14-23-19(12-20(24-14)25-18-8-4-7-17(22)11-18)21(27)26-10-9-15-5-2-3-6-16(15)13-26/h2-8,11-12H,9-10,13H2,1H3,(H,23,24,25). The van der Waals surface area contributed by atoms with Crippen molar-refractivity contribution in [1.29, 1.82) is 0 Å². The second-order valence-corrected chi connectivity index (χ2v) is 7.00. The van der Waals surface area contributed by atoms with Crippen molar-refractivity contribution in [3.8, 4) is 0 Å². The summed E-state index contributed by atoms with van der Waals surface area (Å²) >= 11 is 6.03. The molecular formula is C21H19ClN4O. The van der Waals surface area contributed by atoms with Gasteiger partial charge in [0.2, 0.25) is 0 Å². The van der Waals surface area contributed by atoms with E-state index in [9.17, 15) is 4.79 Å². The van der Waals surface area contributed by atoms with Crippen LogP contribution in [-0.4, -0.2) is 27.3 Å². The Morgan fingerprint density at radius 2 is 1.89 bits per heavy atom. The number of aryl methyl sites for hydroxylation is 1. The first-order valence-electron chi connectivity index (χ1n) is 8.83. The van der Waals surface area contributed by atoms with Crippen LogP contribution in [0.2, 0.25) is 5.02 Å². The highest BCUT2D eigenvalue weighted by atomic mass is 35.5. The molecule has 0 spiro atoms. The molecule has 1 aliphatic rings. The number of nitrogens with zero attached hydrogens (tertiary/aromatic N) is 3. The third kappa shape index (κ3) is 3.93. The number of anilines is 2. The van der Waals surface area contributed by atoms with E-state index in [1.807, 2.05) is 35.2 Å². The Kier molecular flexibility index (Phi) is 4.77. The summed E-state index contributed by atoms with van der Waals surface area (Å²) in [4.78, 5) is 23.6.